The van der Waals surface area contributed by atoms with E-state index in [1.165, 1.54) is 11.1 Å². The number of ether oxygens (including phenoxy) is 1. The predicted molar refractivity (Wildman–Crippen MR) is 109 cm³/mol. The van der Waals surface area contributed by atoms with Gasteiger partial charge in [0.15, 0.2) is 0 Å². The van der Waals surface area contributed by atoms with Crippen LogP contribution in [0.5, 0.6) is 5.75 Å². The number of aryl methyl sites for hydroxylation is 1. The Balaban J connectivity index is 1.51. The topological polar surface area (TPSA) is 50.4 Å². The Labute approximate surface area is 162 Å². The smallest absolute Gasteiger partial charge is 0.224 e. The summed E-state index contributed by atoms with van der Waals surface area (Å²) in [6, 6.07) is 16.0. The molecular formula is C23H30N2O2. The molecule has 1 heterocycles. The Morgan fingerprint density at radius 2 is 1.93 bits per heavy atom. The first-order valence-corrected chi connectivity index (χ1v) is 9.78. The van der Waals surface area contributed by atoms with Gasteiger partial charge in [0.25, 0.3) is 0 Å². The monoisotopic (exact) mass is 366 g/mol. The summed E-state index contributed by atoms with van der Waals surface area (Å²) in [5, 5.41) is 6.49. The molecule has 0 atom stereocenters. The fraction of sp³-hybridized carbons (Fsp3) is 0.435. The quantitative estimate of drug-likeness (QED) is 0.787. The Morgan fingerprint density at radius 1 is 1.15 bits per heavy atom. The zero-order valence-corrected chi connectivity index (χ0v) is 16.4. The van der Waals surface area contributed by atoms with E-state index in [-0.39, 0.29) is 11.3 Å². The molecule has 1 amide bonds. The summed E-state index contributed by atoms with van der Waals surface area (Å²) in [4.78, 5) is 12.4. The average Bonchev–Trinajstić information content (AvgIpc) is 2.67. The molecule has 2 aromatic rings. The molecule has 2 N–H and O–H groups in total. The molecule has 0 aliphatic carbocycles. The minimum Gasteiger partial charge on any atom is -0.489 e. The highest BCUT2D eigenvalue weighted by Gasteiger charge is 2.26. The number of carbonyl (C=O) groups excluding carboxylic acids is 1. The predicted octanol–water partition coefficient (Wildman–Crippen LogP) is 3.62. The molecule has 0 unspecified atom stereocenters. The zero-order valence-electron chi connectivity index (χ0n) is 16.4. The number of nitrogens with one attached hydrogen (secondary N) is 2. The SMILES string of the molecule is Cc1ccccc1COc1cccc(CC(=O)NCC2(C)CCNCC2)c1. The summed E-state index contributed by atoms with van der Waals surface area (Å²) in [7, 11) is 0. The zero-order chi connectivity index (χ0) is 19.1. The third-order valence-electron chi connectivity index (χ3n) is 5.44. The van der Waals surface area contributed by atoms with Crippen LogP contribution in [-0.4, -0.2) is 25.5 Å². The molecule has 0 saturated carbocycles. The number of hydrogen-bond acceptors (Lipinski definition) is 3. The largest absolute Gasteiger partial charge is 0.489 e. The summed E-state index contributed by atoms with van der Waals surface area (Å²) in [6.07, 6.45) is 2.60. The van der Waals surface area contributed by atoms with Gasteiger partial charge in [-0.15, -0.1) is 0 Å². The van der Waals surface area contributed by atoms with Crippen molar-refractivity contribution >= 4 is 5.91 Å². The van der Waals surface area contributed by atoms with Crippen LogP contribution < -0.4 is 15.4 Å². The molecule has 0 radical (unpaired) electrons. The van der Waals surface area contributed by atoms with Gasteiger partial charge < -0.3 is 15.4 Å². The molecule has 1 saturated heterocycles. The van der Waals surface area contributed by atoms with Crippen LogP contribution in [0.1, 0.15) is 36.5 Å². The fourth-order valence-electron chi connectivity index (χ4n) is 3.45. The van der Waals surface area contributed by atoms with Crippen molar-refractivity contribution in [3.63, 3.8) is 0 Å². The van der Waals surface area contributed by atoms with Gasteiger partial charge in [-0.2, -0.15) is 0 Å². The molecule has 4 nitrogen and oxygen atoms in total. The van der Waals surface area contributed by atoms with Crippen LogP contribution in [0.2, 0.25) is 0 Å². The lowest BCUT2D eigenvalue weighted by Gasteiger charge is -2.34. The summed E-state index contributed by atoms with van der Waals surface area (Å²) in [5.74, 6) is 0.875. The molecule has 1 aliphatic heterocycles. The van der Waals surface area contributed by atoms with E-state index < -0.39 is 0 Å². The van der Waals surface area contributed by atoms with Gasteiger partial charge in [0.1, 0.15) is 12.4 Å². The lowest BCUT2D eigenvalue weighted by atomic mass is 9.81. The summed E-state index contributed by atoms with van der Waals surface area (Å²) >= 11 is 0. The molecule has 0 spiro atoms. The second kappa shape index (κ2) is 9.05. The van der Waals surface area contributed by atoms with Crippen LogP contribution in [0.3, 0.4) is 0 Å². The number of amides is 1. The van der Waals surface area contributed by atoms with Crippen LogP contribution in [-0.2, 0) is 17.8 Å². The summed E-state index contributed by atoms with van der Waals surface area (Å²) in [6.45, 7) is 7.70. The Bertz CT molecular complexity index is 766. The highest BCUT2D eigenvalue weighted by atomic mass is 16.5. The first kappa shape index (κ1) is 19.4. The Hall–Kier alpha value is -2.33. The van der Waals surface area contributed by atoms with Gasteiger partial charge in [0.2, 0.25) is 5.91 Å². The standard InChI is InChI=1S/C23H30N2O2/c1-18-6-3-4-8-20(18)16-27-21-9-5-7-19(14-21)15-22(26)25-17-23(2)10-12-24-13-11-23/h3-9,14,24H,10-13,15-17H2,1-2H3,(H,25,26). The first-order valence-electron chi connectivity index (χ1n) is 9.78. The van der Waals surface area contributed by atoms with E-state index >= 15 is 0 Å². The van der Waals surface area contributed by atoms with E-state index in [1.54, 1.807) is 0 Å². The molecule has 2 aromatic carbocycles. The fourth-order valence-corrected chi connectivity index (χ4v) is 3.45. The van der Waals surface area contributed by atoms with Gasteiger partial charge in [-0.25, -0.2) is 0 Å². The molecule has 1 aliphatic rings. The second-order valence-corrected chi connectivity index (χ2v) is 7.88. The van der Waals surface area contributed by atoms with E-state index in [4.69, 9.17) is 4.74 Å². The van der Waals surface area contributed by atoms with E-state index in [1.807, 2.05) is 36.4 Å². The summed E-state index contributed by atoms with van der Waals surface area (Å²) < 4.78 is 5.93. The van der Waals surface area contributed by atoms with Crippen molar-refractivity contribution < 1.29 is 9.53 Å². The summed E-state index contributed by atoms with van der Waals surface area (Å²) in [5.41, 5.74) is 3.58. The highest BCUT2D eigenvalue weighted by Crippen LogP contribution is 2.26. The molecule has 0 bridgehead atoms. The van der Waals surface area contributed by atoms with E-state index in [0.29, 0.717) is 13.0 Å². The highest BCUT2D eigenvalue weighted by molar-refractivity contribution is 5.78. The maximum absolute atomic E-state index is 12.4. The van der Waals surface area contributed by atoms with Crippen molar-refractivity contribution in [1.82, 2.24) is 10.6 Å². The van der Waals surface area contributed by atoms with Crippen molar-refractivity contribution in [3.8, 4) is 5.75 Å². The van der Waals surface area contributed by atoms with Gasteiger partial charge in [0, 0.05) is 6.54 Å². The van der Waals surface area contributed by atoms with Crippen LogP contribution in [0, 0.1) is 12.3 Å². The third-order valence-corrected chi connectivity index (χ3v) is 5.44. The molecule has 1 fully saturated rings. The van der Waals surface area contributed by atoms with Gasteiger partial charge >= 0.3 is 0 Å². The molecule has 4 heteroatoms. The molecule has 0 aromatic heterocycles. The van der Waals surface area contributed by atoms with Gasteiger partial charge in [0.05, 0.1) is 6.42 Å². The number of rotatable bonds is 7. The lowest BCUT2D eigenvalue weighted by Crippen LogP contribution is -2.43. The van der Waals surface area contributed by atoms with Crippen molar-refractivity contribution in [1.29, 1.82) is 0 Å². The van der Waals surface area contributed by atoms with Crippen LogP contribution in [0.4, 0.5) is 0 Å². The normalized spacial score (nSPS) is 15.9. The lowest BCUT2D eigenvalue weighted by molar-refractivity contribution is -0.121. The maximum atomic E-state index is 12.4. The van der Waals surface area contributed by atoms with Crippen molar-refractivity contribution in [2.45, 2.75) is 39.7 Å². The first-order chi connectivity index (χ1) is 13.0. The van der Waals surface area contributed by atoms with E-state index in [0.717, 1.165) is 43.8 Å². The van der Waals surface area contributed by atoms with Gasteiger partial charge in [-0.1, -0.05) is 43.3 Å². The molecule has 144 valence electrons. The average molecular weight is 367 g/mol. The van der Waals surface area contributed by atoms with E-state index in [9.17, 15) is 4.79 Å². The molecular weight excluding hydrogens is 336 g/mol. The van der Waals surface area contributed by atoms with Crippen LogP contribution >= 0.6 is 0 Å². The number of carbonyl (C=O) groups is 1. The number of piperidine rings is 1. The Morgan fingerprint density at radius 3 is 2.70 bits per heavy atom. The van der Waals surface area contributed by atoms with Crippen molar-refractivity contribution in [3.05, 3.63) is 65.2 Å². The van der Waals surface area contributed by atoms with Crippen molar-refractivity contribution in [2.75, 3.05) is 19.6 Å². The minimum atomic E-state index is 0.0748. The number of benzene rings is 2. The van der Waals surface area contributed by atoms with Gasteiger partial charge in [-0.05, 0) is 67.1 Å². The van der Waals surface area contributed by atoms with Crippen molar-refractivity contribution in [2.24, 2.45) is 5.41 Å². The Kier molecular flexibility index (Phi) is 6.51. The minimum absolute atomic E-state index is 0.0748. The van der Waals surface area contributed by atoms with Crippen LogP contribution in [0.25, 0.3) is 0 Å². The number of hydrogen-bond donors (Lipinski definition) is 2. The van der Waals surface area contributed by atoms with Gasteiger partial charge in [-0.3, -0.25) is 4.79 Å². The van der Waals surface area contributed by atoms with E-state index in [2.05, 4.69) is 36.6 Å². The maximum Gasteiger partial charge on any atom is 0.224 e. The molecule has 3 rings (SSSR count). The third kappa shape index (κ3) is 5.83. The molecule has 27 heavy (non-hydrogen) atoms. The second-order valence-electron chi connectivity index (χ2n) is 7.88. The van der Waals surface area contributed by atoms with Crippen LogP contribution in [0.15, 0.2) is 48.5 Å².